The highest BCUT2D eigenvalue weighted by Gasteiger charge is 2.32. The Hall–Kier alpha value is -4.04. The summed E-state index contributed by atoms with van der Waals surface area (Å²) in [5.74, 6) is -0.345. The number of carbonyl (C=O) groups excluding carboxylic acids is 3. The molecular formula is C37H52F3N5O6. The van der Waals surface area contributed by atoms with E-state index in [0.29, 0.717) is 24.5 Å². The third kappa shape index (κ3) is 11.7. The minimum absolute atomic E-state index is 0.106. The SMILES string of the molecule is C[C@@H]1CCCCO[C@@H](CN(C)C(=O)Nc2ccc(C(F)(F)F)cc2)[C@H](C)CN([C@@H](C)CO)C(=O)c2cc(NC(=O)NC3CCCCC3)ccc2O1. The third-order valence-corrected chi connectivity index (χ3v) is 9.51. The summed E-state index contributed by atoms with van der Waals surface area (Å²) in [5, 5.41) is 18.7. The number of likely N-dealkylation sites (N-methyl/N-ethyl adjacent to an activating group) is 1. The van der Waals surface area contributed by atoms with E-state index in [1.807, 2.05) is 13.8 Å². The smallest absolute Gasteiger partial charge is 0.416 e. The molecule has 0 saturated heterocycles. The van der Waals surface area contributed by atoms with Gasteiger partial charge in [-0.05, 0) is 88.4 Å². The molecule has 2 aliphatic rings. The van der Waals surface area contributed by atoms with Gasteiger partial charge in [-0.3, -0.25) is 4.79 Å². The molecule has 1 aliphatic heterocycles. The number of nitrogens with one attached hydrogen (secondary N) is 3. The zero-order valence-electron chi connectivity index (χ0n) is 29.9. The standard InChI is InChI=1S/C37H52F3N5O6/c1-24-21-45(25(2)23-46)34(47)31-20-30(42-35(48)41-28-11-6-5-7-12-28)17-18-32(31)51-26(3)10-8-9-19-50-33(24)22-44(4)36(49)43-29-15-13-27(14-16-29)37(38,39)40/h13-18,20,24-26,28,33,46H,5-12,19,21-23H2,1-4H3,(H,43,49)(H2,41,42,48)/t24-,25+,26-,33+/m1/s1. The summed E-state index contributed by atoms with van der Waals surface area (Å²) in [5.41, 5.74) is 0.0682. The number of halogens is 3. The number of urea groups is 2. The molecule has 5 amide bonds. The Bertz CT molecular complexity index is 1450. The first-order valence-electron chi connectivity index (χ1n) is 17.9. The molecule has 0 aromatic heterocycles. The number of benzene rings is 2. The van der Waals surface area contributed by atoms with Crippen LogP contribution in [0.5, 0.6) is 5.75 Å². The third-order valence-electron chi connectivity index (χ3n) is 9.51. The average Bonchev–Trinajstić information content (AvgIpc) is 3.09. The van der Waals surface area contributed by atoms with Gasteiger partial charge in [-0.25, -0.2) is 9.59 Å². The molecule has 1 aliphatic carbocycles. The van der Waals surface area contributed by atoms with Crippen molar-refractivity contribution in [3.05, 3.63) is 53.6 Å². The number of anilines is 2. The molecule has 11 nitrogen and oxygen atoms in total. The van der Waals surface area contributed by atoms with Crippen LogP contribution in [0.25, 0.3) is 0 Å². The summed E-state index contributed by atoms with van der Waals surface area (Å²) in [6, 6.07) is 7.84. The van der Waals surface area contributed by atoms with Crippen LogP contribution in [0.1, 0.15) is 88.1 Å². The van der Waals surface area contributed by atoms with Gasteiger partial charge in [0, 0.05) is 50.1 Å². The second kappa shape index (κ2) is 18.5. The van der Waals surface area contributed by atoms with E-state index in [1.54, 1.807) is 37.1 Å². The van der Waals surface area contributed by atoms with Crippen LogP contribution in [0.15, 0.2) is 42.5 Å². The van der Waals surface area contributed by atoms with Crippen LogP contribution < -0.4 is 20.7 Å². The topological polar surface area (TPSA) is 132 Å². The van der Waals surface area contributed by atoms with Gasteiger partial charge in [0.15, 0.2) is 0 Å². The van der Waals surface area contributed by atoms with E-state index >= 15 is 0 Å². The summed E-state index contributed by atoms with van der Waals surface area (Å²) in [4.78, 5) is 43.3. The lowest BCUT2D eigenvalue weighted by Gasteiger charge is -2.35. The first-order chi connectivity index (χ1) is 24.2. The second-order valence-corrected chi connectivity index (χ2v) is 13.8. The summed E-state index contributed by atoms with van der Waals surface area (Å²) in [6.45, 7) is 5.93. The first kappa shape index (κ1) is 39.7. The largest absolute Gasteiger partial charge is 0.490 e. The molecule has 4 rings (SSSR count). The minimum Gasteiger partial charge on any atom is -0.490 e. The highest BCUT2D eigenvalue weighted by molar-refractivity contribution is 5.99. The molecule has 51 heavy (non-hydrogen) atoms. The van der Waals surface area contributed by atoms with E-state index in [-0.39, 0.29) is 55.0 Å². The molecule has 1 heterocycles. The van der Waals surface area contributed by atoms with Crippen LogP contribution in [0.2, 0.25) is 0 Å². The molecule has 0 unspecified atom stereocenters. The summed E-state index contributed by atoms with van der Waals surface area (Å²) >= 11 is 0. The van der Waals surface area contributed by atoms with Crippen LogP contribution in [-0.2, 0) is 10.9 Å². The number of nitrogens with zero attached hydrogens (tertiary/aromatic N) is 2. The minimum atomic E-state index is -4.49. The number of aliphatic hydroxyl groups is 1. The molecule has 4 atom stereocenters. The predicted octanol–water partition coefficient (Wildman–Crippen LogP) is 7.12. The lowest BCUT2D eigenvalue weighted by molar-refractivity contribution is -0.137. The predicted molar refractivity (Wildman–Crippen MR) is 189 cm³/mol. The van der Waals surface area contributed by atoms with E-state index < -0.39 is 35.8 Å². The molecule has 282 valence electrons. The number of rotatable bonds is 7. The van der Waals surface area contributed by atoms with Gasteiger partial charge in [0.2, 0.25) is 0 Å². The summed E-state index contributed by atoms with van der Waals surface area (Å²) in [7, 11) is 1.56. The van der Waals surface area contributed by atoms with Crippen molar-refractivity contribution in [3.63, 3.8) is 0 Å². The van der Waals surface area contributed by atoms with E-state index in [1.165, 1.54) is 17.0 Å². The first-order valence-corrected chi connectivity index (χ1v) is 17.9. The van der Waals surface area contributed by atoms with Crippen LogP contribution in [0.3, 0.4) is 0 Å². The zero-order valence-corrected chi connectivity index (χ0v) is 29.9. The Balaban J connectivity index is 1.53. The molecule has 4 N–H and O–H groups in total. The zero-order chi connectivity index (χ0) is 37.1. The van der Waals surface area contributed by atoms with E-state index in [4.69, 9.17) is 9.47 Å². The van der Waals surface area contributed by atoms with Crippen molar-refractivity contribution in [2.24, 2.45) is 5.92 Å². The van der Waals surface area contributed by atoms with Crippen molar-refractivity contribution in [3.8, 4) is 5.75 Å². The second-order valence-electron chi connectivity index (χ2n) is 13.8. The highest BCUT2D eigenvalue weighted by Crippen LogP contribution is 2.31. The maximum atomic E-state index is 14.4. The Morgan fingerprint density at radius 2 is 1.65 bits per heavy atom. The van der Waals surface area contributed by atoms with E-state index in [2.05, 4.69) is 16.0 Å². The average molecular weight is 720 g/mol. The van der Waals surface area contributed by atoms with Crippen LogP contribution in [0, 0.1) is 5.92 Å². The van der Waals surface area contributed by atoms with Gasteiger partial charge >= 0.3 is 18.2 Å². The highest BCUT2D eigenvalue weighted by atomic mass is 19.4. The number of fused-ring (bicyclic) bond motifs is 1. The monoisotopic (exact) mass is 719 g/mol. The molecule has 0 radical (unpaired) electrons. The molecule has 1 fully saturated rings. The fourth-order valence-electron chi connectivity index (χ4n) is 6.38. The molecule has 2 aromatic carbocycles. The van der Waals surface area contributed by atoms with Crippen molar-refractivity contribution in [1.29, 1.82) is 0 Å². The maximum absolute atomic E-state index is 14.4. The molecule has 0 bridgehead atoms. The Kier molecular flexibility index (Phi) is 14.4. The van der Waals surface area contributed by atoms with Crippen LogP contribution in [-0.4, -0.2) is 90.5 Å². The quantitative estimate of drug-likeness (QED) is 0.241. The van der Waals surface area contributed by atoms with Gasteiger partial charge in [-0.2, -0.15) is 13.2 Å². The summed E-state index contributed by atoms with van der Waals surface area (Å²) < 4.78 is 51.6. The van der Waals surface area contributed by atoms with Crippen LogP contribution in [0.4, 0.5) is 34.1 Å². The Labute approximate surface area is 298 Å². The Morgan fingerprint density at radius 3 is 2.31 bits per heavy atom. The van der Waals surface area contributed by atoms with Gasteiger partial charge in [0.05, 0.1) is 36.0 Å². The van der Waals surface area contributed by atoms with Crippen molar-refractivity contribution in [1.82, 2.24) is 15.1 Å². The fourth-order valence-corrected chi connectivity index (χ4v) is 6.38. The van der Waals surface area contributed by atoms with Crippen molar-refractivity contribution in [2.75, 3.05) is 44.0 Å². The lowest BCUT2D eigenvalue weighted by Crippen LogP contribution is -2.48. The van der Waals surface area contributed by atoms with Gasteiger partial charge in [-0.1, -0.05) is 26.2 Å². The van der Waals surface area contributed by atoms with Gasteiger partial charge in [0.25, 0.3) is 5.91 Å². The van der Waals surface area contributed by atoms with Crippen molar-refractivity contribution < 1.29 is 42.1 Å². The number of aliphatic hydroxyl groups excluding tert-OH is 1. The fraction of sp³-hybridized carbons (Fsp3) is 0.595. The number of alkyl halides is 3. The van der Waals surface area contributed by atoms with Crippen LogP contribution >= 0.6 is 0 Å². The van der Waals surface area contributed by atoms with E-state index in [0.717, 1.165) is 57.1 Å². The maximum Gasteiger partial charge on any atom is 0.416 e. The van der Waals surface area contributed by atoms with Crippen molar-refractivity contribution in [2.45, 2.75) is 103 Å². The molecule has 1 saturated carbocycles. The lowest BCUT2D eigenvalue weighted by atomic mass is 9.96. The number of hydrogen-bond donors (Lipinski definition) is 4. The molecule has 0 spiro atoms. The molecule has 2 aromatic rings. The van der Waals surface area contributed by atoms with Gasteiger partial charge in [-0.15, -0.1) is 0 Å². The molecule has 14 heteroatoms. The number of carbonyl (C=O) groups is 3. The van der Waals surface area contributed by atoms with E-state index in [9.17, 15) is 32.7 Å². The van der Waals surface area contributed by atoms with Gasteiger partial charge < -0.3 is 40.3 Å². The Morgan fingerprint density at radius 1 is 0.980 bits per heavy atom. The van der Waals surface area contributed by atoms with Crippen molar-refractivity contribution >= 4 is 29.3 Å². The number of hydrogen-bond acceptors (Lipinski definition) is 6. The molecular weight excluding hydrogens is 667 g/mol. The van der Waals surface area contributed by atoms with Gasteiger partial charge in [0.1, 0.15) is 5.75 Å². The number of ether oxygens (including phenoxy) is 2. The number of amides is 5. The summed E-state index contributed by atoms with van der Waals surface area (Å²) in [6.07, 6.45) is 2.12. The normalized spacial score (nSPS) is 21.8.